The molecule has 1 fully saturated rings. The van der Waals surface area contributed by atoms with E-state index in [1.807, 2.05) is 0 Å². The van der Waals surface area contributed by atoms with Crippen LogP contribution in [0.2, 0.25) is 0 Å². The minimum absolute atomic E-state index is 0. The molecule has 1 saturated heterocycles. The SMILES string of the molecule is CN=C(NCCS(C)(=O)=O)NC1CCN(c2cccs2)CC1.I. The summed E-state index contributed by atoms with van der Waals surface area (Å²) in [5.41, 5.74) is 0. The van der Waals surface area contributed by atoms with E-state index in [0.29, 0.717) is 18.5 Å². The molecule has 9 heteroatoms. The molecule has 1 aromatic rings. The third-order valence-corrected chi connectivity index (χ3v) is 5.52. The fourth-order valence-electron chi connectivity index (χ4n) is 2.44. The van der Waals surface area contributed by atoms with Crippen LogP contribution in [0.4, 0.5) is 5.00 Å². The van der Waals surface area contributed by atoms with E-state index in [4.69, 9.17) is 0 Å². The number of hydrogen-bond acceptors (Lipinski definition) is 5. The molecule has 1 aromatic heterocycles. The van der Waals surface area contributed by atoms with Crippen LogP contribution in [-0.4, -0.2) is 59.1 Å². The Morgan fingerprint density at radius 2 is 2.13 bits per heavy atom. The van der Waals surface area contributed by atoms with Crippen LogP contribution in [0.5, 0.6) is 0 Å². The van der Waals surface area contributed by atoms with E-state index < -0.39 is 9.84 Å². The lowest BCUT2D eigenvalue weighted by Crippen LogP contribution is -2.49. The van der Waals surface area contributed by atoms with Gasteiger partial charge >= 0.3 is 0 Å². The number of piperidine rings is 1. The summed E-state index contributed by atoms with van der Waals surface area (Å²) in [5.74, 6) is 0.795. The van der Waals surface area contributed by atoms with Gasteiger partial charge in [0.25, 0.3) is 0 Å². The first-order valence-electron chi connectivity index (χ1n) is 7.41. The fraction of sp³-hybridized carbons (Fsp3) is 0.643. The van der Waals surface area contributed by atoms with E-state index >= 15 is 0 Å². The van der Waals surface area contributed by atoms with Crippen molar-refractivity contribution in [3.8, 4) is 0 Å². The molecule has 2 rings (SSSR count). The second-order valence-electron chi connectivity index (χ2n) is 5.49. The number of nitrogens with zero attached hydrogens (tertiary/aromatic N) is 2. The van der Waals surface area contributed by atoms with Gasteiger partial charge in [-0.15, -0.1) is 35.3 Å². The van der Waals surface area contributed by atoms with Crippen molar-refractivity contribution in [2.24, 2.45) is 4.99 Å². The van der Waals surface area contributed by atoms with Gasteiger partial charge in [-0.05, 0) is 30.4 Å². The highest BCUT2D eigenvalue weighted by Gasteiger charge is 2.20. The smallest absolute Gasteiger partial charge is 0.191 e. The van der Waals surface area contributed by atoms with Crippen LogP contribution in [-0.2, 0) is 9.84 Å². The summed E-state index contributed by atoms with van der Waals surface area (Å²) in [7, 11) is -1.24. The van der Waals surface area contributed by atoms with Crippen LogP contribution in [0, 0.1) is 0 Å². The summed E-state index contributed by atoms with van der Waals surface area (Å²) in [4.78, 5) is 6.56. The first-order chi connectivity index (χ1) is 10.5. The molecule has 1 aliphatic rings. The molecule has 0 unspecified atom stereocenters. The Balaban J connectivity index is 0.00000264. The minimum atomic E-state index is -2.94. The topological polar surface area (TPSA) is 73.8 Å². The van der Waals surface area contributed by atoms with Gasteiger partial charge in [0.2, 0.25) is 0 Å². The monoisotopic (exact) mass is 472 g/mol. The van der Waals surface area contributed by atoms with Crippen LogP contribution < -0.4 is 15.5 Å². The van der Waals surface area contributed by atoms with E-state index in [1.165, 1.54) is 11.3 Å². The van der Waals surface area contributed by atoms with Crippen molar-refractivity contribution < 1.29 is 8.42 Å². The summed E-state index contributed by atoms with van der Waals surface area (Å²) < 4.78 is 22.3. The maximum absolute atomic E-state index is 11.1. The van der Waals surface area contributed by atoms with Crippen molar-refractivity contribution >= 4 is 56.1 Å². The Hall–Kier alpha value is -0.550. The maximum Gasteiger partial charge on any atom is 0.191 e. The van der Waals surface area contributed by atoms with E-state index in [0.717, 1.165) is 25.9 Å². The highest BCUT2D eigenvalue weighted by atomic mass is 127. The number of thiophene rings is 1. The molecule has 0 aliphatic carbocycles. The van der Waals surface area contributed by atoms with Crippen LogP contribution in [0.3, 0.4) is 0 Å². The molecule has 0 spiro atoms. The number of halogens is 1. The summed E-state index contributed by atoms with van der Waals surface area (Å²) in [6, 6.07) is 4.61. The zero-order chi connectivity index (χ0) is 16.0. The van der Waals surface area contributed by atoms with Crippen LogP contribution in [0.1, 0.15) is 12.8 Å². The highest BCUT2D eigenvalue weighted by Crippen LogP contribution is 2.24. The summed E-state index contributed by atoms with van der Waals surface area (Å²) in [6.07, 6.45) is 3.33. The van der Waals surface area contributed by atoms with Gasteiger partial charge in [0, 0.05) is 39.0 Å². The lowest BCUT2D eigenvalue weighted by atomic mass is 10.1. The van der Waals surface area contributed by atoms with Crippen LogP contribution in [0.25, 0.3) is 0 Å². The molecule has 0 radical (unpaired) electrons. The predicted molar refractivity (Wildman–Crippen MR) is 109 cm³/mol. The van der Waals surface area contributed by atoms with Crippen LogP contribution >= 0.6 is 35.3 Å². The largest absolute Gasteiger partial charge is 0.363 e. The average Bonchev–Trinajstić information content (AvgIpc) is 3.00. The fourth-order valence-corrected chi connectivity index (χ4v) is 3.70. The Labute approximate surface area is 159 Å². The van der Waals surface area contributed by atoms with Gasteiger partial charge in [-0.1, -0.05) is 0 Å². The van der Waals surface area contributed by atoms with Gasteiger partial charge in [0.15, 0.2) is 5.96 Å². The quantitative estimate of drug-likeness (QED) is 0.387. The summed E-state index contributed by atoms with van der Waals surface area (Å²) in [6.45, 7) is 2.43. The molecular weight excluding hydrogens is 447 g/mol. The molecule has 0 saturated carbocycles. The normalized spacial score (nSPS) is 16.8. The first kappa shape index (κ1) is 20.5. The maximum atomic E-state index is 11.1. The van der Waals surface area contributed by atoms with E-state index in [9.17, 15) is 8.42 Å². The van der Waals surface area contributed by atoms with Gasteiger partial charge in [-0.25, -0.2) is 8.42 Å². The lowest BCUT2D eigenvalue weighted by Gasteiger charge is -2.33. The number of nitrogens with one attached hydrogen (secondary N) is 2. The summed E-state index contributed by atoms with van der Waals surface area (Å²) in [5, 5.41) is 9.87. The van der Waals surface area contributed by atoms with Crippen molar-refractivity contribution in [3.05, 3.63) is 17.5 Å². The Bertz CT molecular complexity index is 582. The minimum Gasteiger partial charge on any atom is -0.363 e. The molecule has 6 nitrogen and oxygen atoms in total. The first-order valence-corrected chi connectivity index (χ1v) is 10.4. The second kappa shape index (κ2) is 9.67. The zero-order valence-electron chi connectivity index (χ0n) is 13.5. The number of anilines is 1. The standard InChI is InChI=1S/C14H24N4O2S2.HI/c1-15-14(16-7-11-22(2,19)20)17-12-5-8-18(9-6-12)13-4-3-10-21-13;/h3-4,10,12H,5-9,11H2,1-2H3,(H2,15,16,17);1H. The average molecular weight is 472 g/mol. The molecule has 2 N–H and O–H groups in total. The van der Waals surface area contributed by atoms with Gasteiger partial charge in [-0.2, -0.15) is 0 Å². The van der Waals surface area contributed by atoms with E-state index in [-0.39, 0.29) is 29.7 Å². The van der Waals surface area contributed by atoms with E-state index in [1.54, 1.807) is 18.4 Å². The molecule has 23 heavy (non-hydrogen) atoms. The predicted octanol–water partition coefficient (Wildman–Crippen LogP) is 1.54. The molecular formula is C14H25IN4O2S2. The van der Waals surface area contributed by atoms with Crippen molar-refractivity contribution in [1.29, 1.82) is 0 Å². The molecule has 132 valence electrons. The molecule has 0 aromatic carbocycles. The van der Waals surface area contributed by atoms with Gasteiger partial charge in [0.1, 0.15) is 9.84 Å². The molecule has 0 bridgehead atoms. The summed E-state index contributed by atoms with van der Waals surface area (Å²) >= 11 is 1.78. The van der Waals surface area contributed by atoms with Gasteiger partial charge < -0.3 is 15.5 Å². The number of rotatable bonds is 5. The van der Waals surface area contributed by atoms with E-state index in [2.05, 4.69) is 38.0 Å². The third-order valence-electron chi connectivity index (χ3n) is 3.64. The van der Waals surface area contributed by atoms with Gasteiger partial charge in [0.05, 0.1) is 10.8 Å². The lowest BCUT2D eigenvalue weighted by molar-refractivity contribution is 0.463. The second-order valence-corrected chi connectivity index (χ2v) is 8.67. The molecule has 1 aliphatic heterocycles. The highest BCUT2D eigenvalue weighted by molar-refractivity contribution is 14.0. The zero-order valence-corrected chi connectivity index (χ0v) is 17.5. The van der Waals surface area contributed by atoms with Gasteiger partial charge in [-0.3, -0.25) is 4.99 Å². The third kappa shape index (κ3) is 7.25. The number of guanidine groups is 1. The van der Waals surface area contributed by atoms with Crippen LogP contribution in [0.15, 0.2) is 22.5 Å². The molecule has 2 heterocycles. The number of sulfone groups is 1. The Morgan fingerprint density at radius 3 is 2.65 bits per heavy atom. The van der Waals surface area contributed by atoms with Crippen molar-refractivity contribution in [1.82, 2.24) is 10.6 Å². The Morgan fingerprint density at radius 1 is 1.43 bits per heavy atom. The number of hydrogen-bond donors (Lipinski definition) is 2. The van der Waals surface area contributed by atoms with Crippen molar-refractivity contribution in [2.45, 2.75) is 18.9 Å². The molecule has 0 amide bonds. The van der Waals surface area contributed by atoms with Crippen molar-refractivity contribution in [2.75, 3.05) is 43.6 Å². The van der Waals surface area contributed by atoms with Crippen molar-refractivity contribution in [3.63, 3.8) is 0 Å². The number of aliphatic imine (C=N–C) groups is 1. The Kier molecular flexibility index (Phi) is 8.62. The molecule has 0 atom stereocenters.